The molecule has 1 N–H and O–H groups in total. The van der Waals surface area contributed by atoms with Crippen LogP contribution in [0.5, 0.6) is 0 Å². The van der Waals surface area contributed by atoms with Gasteiger partial charge in [0.05, 0.1) is 5.75 Å². The van der Waals surface area contributed by atoms with E-state index < -0.39 is 21.5 Å². The van der Waals surface area contributed by atoms with Crippen molar-refractivity contribution in [3.63, 3.8) is 0 Å². The number of carbonyl (C=O) groups excluding carboxylic acids is 1. The summed E-state index contributed by atoms with van der Waals surface area (Å²) in [6.45, 7) is 3.33. The van der Waals surface area contributed by atoms with Gasteiger partial charge in [-0.15, -0.1) is 6.58 Å². The van der Waals surface area contributed by atoms with Crippen LogP contribution in [0.15, 0.2) is 43.0 Å². The third-order valence-electron chi connectivity index (χ3n) is 1.78. The molecule has 0 atom stereocenters. The SMILES string of the molecule is C=CCS(=O)(=O)CC(=O)Nc1ccccc1. The maximum atomic E-state index is 11.4. The van der Waals surface area contributed by atoms with Crippen molar-refractivity contribution in [1.29, 1.82) is 0 Å². The van der Waals surface area contributed by atoms with Crippen LogP contribution in [-0.4, -0.2) is 25.8 Å². The molecule has 0 aromatic heterocycles. The Morgan fingerprint density at radius 1 is 1.31 bits per heavy atom. The van der Waals surface area contributed by atoms with Crippen molar-refractivity contribution < 1.29 is 13.2 Å². The number of anilines is 1. The van der Waals surface area contributed by atoms with E-state index in [9.17, 15) is 13.2 Å². The van der Waals surface area contributed by atoms with Gasteiger partial charge in [-0.25, -0.2) is 8.42 Å². The van der Waals surface area contributed by atoms with Crippen LogP contribution in [0.1, 0.15) is 0 Å². The van der Waals surface area contributed by atoms with E-state index in [0.717, 1.165) is 0 Å². The van der Waals surface area contributed by atoms with Crippen LogP contribution in [0.3, 0.4) is 0 Å². The highest BCUT2D eigenvalue weighted by Crippen LogP contribution is 2.05. The second-order valence-corrected chi connectivity index (χ2v) is 5.37. The van der Waals surface area contributed by atoms with Crippen molar-refractivity contribution in [2.45, 2.75) is 0 Å². The monoisotopic (exact) mass is 239 g/mol. The van der Waals surface area contributed by atoms with Crippen molar-refractivity contribution in [2.75, 3.05) is 16.8 Å². The highest BCUT2D eigenvalue weighted by Gasteiger charge is 2.14. The molecule has 0 saturated heterocycles. The van der Waals surface area contributed by atoms with Gasteiger partial charge in [-0.3, -0.25) is 4.79 Å². The highest BCUT2D eigenvalue weighted by atomic mass is 32.2. The van der Waals surface area contributed by atoms with Gasteiger partial charge in [-0.2, -0.15) is 0 Å². The molecule has 0 aliphatic rings. The normalized spacial score (nSPS) is 10.8. The predicted molar refractivity (Wildman–Crippen MR) is 63.9 cm³/mol. The number of hydrogen-bond acceptors (Lipinski definition) is 3. The van der Waals surface area contributed by atoms with E-state index in [0.29, 0.717) is 5.69 Å². The van der Waals surface area contributed by atoms with Crippen LogP contribution in [0.4, 0.5) is 5.69 Å². The zero-order valence-corrected chi connectivity index (χ0v) is 9.53. The van der Waals surface area contributed by atoms with Crippen LogP contribution in [0.2, 0.25) is 0 Å². The third kappa shape index (κ3) is 4.27. The van der Waals surface area contributed by atoms with Gasteiger partial charge in [0.15, 0.2) is 9.84 Å². The summed E-state index contributed by atoms with van der Waals surface area (Å²) in [5.74, 6) is -1.24. The lowest BCUT2D eigenvalue weighted by molar-refractivity contribution is -0.113. The van der Waals surface area contributed by atoms with E-state index in [4.69, 9.17) is 0 Å². The summed E-state index contributed by atoms with van der Waals surface area (Å²) in [5, 5.41) is 2.50. The first-order valence-electron chi connectivity index (χ1n) is 4.70. The molecule has 0 aliphatic carbocycles. The molecule has 1 amide bonds. The summed E-state index contributed by atoms with van der Waals surface area (Å²) < 4.78 is 22.6. The number of para-hydroxylation sites is 1. The third-order valence-corrected chi connectivity index (χ3v) is 3.23. The summed E-state index contributed by atoms with van der Waals surface area (Å²) in [5.41, 5.74) is 0.585. The second-order valence-electron chi connectivity index (χ2n) is 3.26. The van der Waals surface area contributed by atoms with Gasteiger partial charge >= 0.3 is 0 Å². The van der Waals surface area contributed by atoms with E-state index in [-0.39, 0.29) is 5.75 Å². The van der Waals surface area contributed by atoms with Crippen molar-refractivity contribution >= 4 is 21.4 Å². The van der Waals surface area contributed by atoms with Gasteiger partial charge in [0, 0.05) is 5.69 Å². The van der Waals surface area contributed by atoms with Crippen LogP contribution in [-0.2, 0) is 14.6 Å². The first-order valence-corrected chi connectivity index (χ1v) is 6.52. The lowest BCUT2D eigenvalue weighted by Crippen LogP contribution is -2.24. The molecule has 1 aromatic rings. The minimum Gasteiger partial charge on any atom is -0.325 e. The molecule has 0 bridgehead atoms. The molecule has 4 nitrogen and oxygen atoms in total. The van der Waals surface area contributed by atoms with Crippen molar-refractivity contribution in [3.8, 4) is 0 Å². The van der Waals surface area contributed by atoms with E-state index in [1.807, 2.05) is 6.07 Å². The van der Waals surface area contributed by atoms with Crippen LogP contribution < -0.4 is 5.32 Å². The molecule has 0 heterocycles. The molecule has 0 saturated carbocycles. The molecule has 0 aliphatic heterocycles. The number of hydrogen-bond donors (Lipinski definition) is 1. The Morgan fingerprint density at radius 2 is 1.94 bits per heavy atom. The van der Waals surface area contributed by atoms with Crippen molar-refractivity contribution in [2.24, 2.45) is 0 Å². The fraction of sp³-hybridized carbons (Fsp3) is 0.182. The molecule has 5 heteroatoms. The molecular formula is C11H13NO3S. The number of carbonyl (C=O) groups is 1. The first kappa shape index (κ1) is 12.4. The Hall–Kier alpha value is -1.62. The smallest absolute Gasteiger partial charge is 0.239 e. The summed E-state index contributed by atoms with van der Waals surface area (Å²) in [6, 6.07) is 8.71. The summed E-state index contributed by atoms with van der Waals surface area (Å²) >= 11 is 0. The quantitative estimate of drug-likeness (QED) is 0.786. The molecule has 1 aromatic carbocycles. The molecule has 0 fully saturated rings. The van der Waals surface area contributed by atoms with Gasteiger partial charge in [0.25, 0.3) is 0 Å². The molecular weight excluding hydrogens is 226 g/mol. The van der Waals surface area contributed by atoms with E-state index in [2.05, 4.69) is 11.9 Å². The highest BCUT2D eigenvalue weighted by molar-refractivity contribution is 7.92. The summed E-state index contributed by atoms with van der Waals surface area (Å²) in [7, 11) is -3.38. The average Bonchev–Trinajstić information content (AvgIpc) is 2.17. The molecule has 86 valence electrons. The lowest BCUT2D eigenvalue weighted by atomic mass is 10.3. The fourth-order valence-corrected chi connectivity index (χ4v) is 2.11. The molecule has 1 rings (SSSR count). The molecule has 0 radical (unpaired) electrons. The van der Waals surface area contributed by atoms with E-state index >= 15 is 0 Å². The summed E-state index contributed by atoms with van der Waals surface area (Å²) in [6.07, 6.45) is 1.27. The lowest BCUT2D eigenvalue weighted by Gasteiger charge is -2.04. The number of benzene rings is 1. The van der Waals surface area contributed by atoms with Gasteiger partial charge < -0.3 is 5.32 Å². The Labute approximate surface area is 94.9 Å². The van der Waals surface area contributed by atoms with E-state index in [1.54, 1.807) is 24.3 Å². The molecule has 0 spiro atoms. The van der Waals surface area contributed by atoms with Crippen LogP contribution >= 0.6 is 0 Å². The Balaban J connectivity index is 2.58. The molecule has 16 heavy (non-hydrogen) atoms. The number of sulfone groups is 1. The minimum atomic E-state index is -3.38. The largest absolute Gasteiger partial charge is 0.325 e. The minimum absolute atomic E-state index is 0.185. The second kappa shape index (κ2) is 5.46. The Bertz CT molecular complexity index is 465. The maximum absolute atomic E-state index is 11.4. The maximum Gasteiger partial charge on any atom is 0.239 e. The number of nitrogens with one attached hydrogen (secondary N) is 1. The zero-order valence-electron chi connectivity index (χ0n) is 8.72. The average molecular weight is 239 g/mol. The summed E-state index contributed by atoms with van der Waals surface area (Å²) in [4.78, 5) is 11.4. The number of amides is 1. The standard InChI is InChI=1S/C11H13NO3S/c1-2-8-16(14,15)9-11(13)12-10-6-4-3-5-7-10/h2-7H,1,8-9H2,(H,12,13). The van der Waals surface area contributed by atoms with Crippen LogP contribution in [0.25, 0.3) is 0 Å². The van der Waals surface area contributed by atoms with Crippen LogP contribution in [0, 0.1) is 0 Å². The topological polar surface area (TPSA) is 63.2 Å². The van der Waals surface area contributed by atoms with Gasteiger partial charge in [0.2, 0.25) is 5.91 Å². The van der Waals surface area contributed by atoms with Gasteiger partial charge in [-0.05, 0) is 12.1 Å². The van der Waals surface area contributed by atoms with Gasteiger partial charge in [-0.1, -0.05) is 24.3 Å². The zero-order chi connectivity index (χ0) is 12.0. The first-order chi connectivity index (χ1) is 7.53. The van der Waals surface area contributed by atoms with Crippen molar-refractivity contribution in [1.82, 2.24) is 0 Å². The van der Waals surface area contributed by atoms with Crippen molar-refractivity contribution in [3.05, 3.63) is 43.0 Å². The Kier molecular flexibility index (Phi) is 4.25. The van der Waals surface area contributed by atoms with Gasteiger partial charge in [0.1, 0.15) is 5.75 Å². The number of rotatable bonds is 5. The Morgan fingerprint density at radius 3 is 2.50 bits per heavy atom. The fourth-order valence-electron chi connectivity index (χ4n) is 1.16. The van der Waals surface area contributed by atoms with E-state index in [1.165, 1.54) is 6.08 Å². The predicted octanol–water partition coefficient (Wildman–Crippen LogP) is 1.23. The molecule has 0 unspecified atom stereocenters.